The molecule has 0 unspecified atom stereocenters. The molecule has 1 saturated heterocycles. The van der Waals surface area contributed by atoms with E-state index in [1.807, 2.05) is 0 Å². The van der Waals surface area contributed by atoms with E-state index in [1.165, 1.54) is 44.9 Å². The topological polar surface area (TPSA) is 38.7 Å². The molecule has 1 heterocycles. The highest BCUT2D eigenvalue weighted by molar-refractivity contribution is 4.63. The van der Waals surface area contributed by atoms with E-state index in [-0.39, 0.29) is 0 Å². The largest absolute Gasteiger partial charge is 0.396 e. The second-order valence-corrected chi connectivity index (χ2v) is 5.72. The van der Waals surface area contributed by atoms with Crippen molar-refractivity contribution in [3.8, 4) is 0 Å². The van der Waals surface area contributed by atoms with E-state index in [0.717, 1.165) is 32.7 Å². The maximum atomic E-state index is 8.69. The molecule has 0 bridgehead atoms. The van der Waals surface area contributed by atoms with E-state index < -0.39 is 0 Å². The first-order valence-corrected chi connectivity index (χ1v) is 8.17. The average molecular weight is 272 g/mol. The van der Waals surface area contributed by atoms with Crippen LogP contribution in [-0.4, -0.2) is 37.6 Å². The van der Waals surface area contributed by atoms with Crippen molar-refractivity contribution in [3.63, 3.8) is 0 Å². The van der Waals surface area contributed by atoms with Crippen molar-refractivity contribution >= 4 is 0 Å². The summed E-state index contributed by atoms with van der Waals surface area (Å²) in [4.78, 5) is 0. The molecule has 1 saturated carbocycles. The third kappa shape index (κ3) is 8.61. The summed E-state index contributed by atoms with van der Waals surface area (Å²) >= 11 is 0. The van der Waals surface area contributed by atoms with Crippen LogP contribution in [0.2, 0.25) is 0 Å². The Morgan fingerprint density at radius 3 is 2.26 bits per heavy atom. The summed E-state index contributed by atoms with van der Waals surface area (Å²) in [6.07, 6.45) is 11.7. The maximum Gasteiger partial charge on any atom is 0.0619 e. The van der Waals surface area contributed by atoms with Crippen LogP contribution in [0.5, 0.6) is 0 Å². The first-order chi connectivity index (χ1) is 9.36. The number of hydrogen-bond donors (Lipinski definition) is 1. The van der Waals surface area contributed by atoms with Crippen LogP contribution in [0.1, 0.15) is 64.7 Å². The molecular weight excluding hydrogens is 240 g/mol. The van der Waals surface area contributed by atoms with E-state index in [0.29, 0.717) is 18.6 Å². The minimum absolute atomic E-state index is 0.417. The number of rotatable bonds is 5. The Labute approximate surface area is 118 Å². The van der Waals surface area contributed by atoms with Crippen LogP contribution in [-0.2, 0) is 9.47 Å². The lowest BCUT2D eigenvalue weighted by Gasteiger charge is -2.22. The molecule has 1 aliphatic carbocycles. The van der Waals surface area contributed by atoms with Gasteiger partial charge in [0.1, 0.15) is 0 Å². The quantitative estimate of drug-likeness (QED) is 0.778. The molecule has 0 amide bonds. The molecule has 2 rings (SSSR count). The first-order valence-electron chi connectivity index (χ1n) is 8.17. The fourth-order valence-electron chi connectivity index (χ4n) is 2.61. The Morgan fingerprint density at radius 2 is 1.74 bits per heavy atom. The first kappa shape index (κ1) is 16.9. The van der Waals surface area contributed by atoms with Crippen molar-refractivity contribution < 1.29 is 14.6 Å². The van der Waals surface area contributed by atoms with E-state index in [1.54, 1.807) is 0 Å². The molecule has 2 fully saturated rings. The summed E-state index contributed by atoms with van der Waals surface area (Å²) in [6.45, 7) is 5.31. The molecule has 19 heavy (non-hydrogen) atoms. The monoisotopic (exact) mass is 272 g/mol. The van der Waals surface area contributed by atoms with Gasteiger partial charge in [-0.05, 0) is 38.0 Å². The third-order valence-electron chi connectivity index (χ3n) is 4.00. The lowest BCUT2D eigenvalue weighted by atomic mass is 9.90. The summed E-state index contributed by atoms with van der Waals surface area (Å²) in [7, 11) is 0. The molecular formula is C16H32O3. The molecule has 0 aromatic heterocycles. The van der Waals surface area contributed by atoms with Crippen LogP contribution in [0.4, 0.5) is 0 Å². The number of ether oxygens (including phenoxy) is 2. The van der Waals surface area contributed by atoms with Gasteiger partial charge in [0.2, 0.25) is 0 Å². The van der Waals surface area contributed by atoms with Crippen molar-refractivity contribution in [3.05, 3.63) is 0 Å². The van der Waals surface area contributed by atoms with Gasteiger partial charge >= 0.3 is 0 Å². The number of hydrogen-bond acceptors (Lipinski definition) is 3. The molecule has 3 heteroatoms. The Hall–Kier alpha value is -0.120. The zero-order valence-corrected chi connectivity index (χ0v) is 12.6. The van der Waals surface area contributed by atoms with Gasteiger partial charge in [-0.1, -0.05) is 32.6 Å². The fourth-order valence-corrected chi connectivity index (χ4v) is 2.61. The van der Waals surface area contributed by atoms with Gasteiger partial charge in [-0.2, -0.15) is 0 Å². The van der Waals surface area contributed by atoms with Crippen LogP contribution >= 0.6 is 0 Å². The lowest BCUT2D eigenvalue weighted by Crippen LogP contribution is -2.23. The van der Waals surface area contributed by atoms with Gasteiger partial charge in [-0.3, -0.25) is 0 Å². The van der Waals surface area contributed by atoms with Crippen LogP contribution in [0.25, 0.3) is 0 Å². The van der Waals surface area contributed by atoms with Crippen molar-refractivity contribution in [2.75, 3.05) is 26.4 Å². The average Bonchev–Trinajstić information content (AvgIpc) is 2.50. The molecule has 1 aliphatic heterocycles. The summed E-state index contributed by atoms with van der Waals surface area (Å²) in [5, 5.41) is 8.69. The fraction of sp³-hybridized carbons (Fsp3) is 1.00. The highest BCUT2D eigenvalue weighted by Crippen LogP contribution is 2.22. The van der Waals surface area contributed by atoms with Crippen LogP contribution in [0.3, 0.4) is 0 Å². The van der Waals surface area contributed by atoms with Gasteiger partial charge < -0.3 is 14.6 Å². The van der Waals surface area contributed by atoms with Gasteiger partial charge in [0.25, 0.3) is 0 Å². The number of unbranched alkanes of at least 4 members (excludes halogenated alkanes) is 1. The van der Waals surface area contributed by atoms with E-state index in [9.17, 15) is 0 Å². The summed E-state index contributed by atoms with van der Waals surface area (Å²) in [6, 6.07) is 0. The van der Waals surface area contributed by atoms with Crippen molar-refractivity contribution in [1.82, 2.24) is 0 Å². The standard InChI is InChI=1S/C9H18O2.C7H14O/c1-2-3-6-11-9-4-7-10-8-5-9;8-6-7-4-2-1-3-5-7/h9H,2-8H2,1H3;7-8H,1-6H2. The Bertz CT molecular complexity index is 184. The maximum absolute atomic E-state index is 8.69. The zero-order valence-electron chi connectivity index (χ0n) is 12.6. The molecule has 0 aromatic carbocycles. The van der Waals surface area contributed by atoms with Gasteiger partial charge in [0.15, 0.2) is 0 Å². The van der Waals surface area contributed by atoms with Gasteiger partial charge in [-0.25, -0.2) is 0 Å². The molecule has 0 spiro atoms. The predicted octanol–water partition coefficient (Wildman–Crippen LogP) is 3.54. The normalized spacial score (nSPS) is 21.8. The summed E-state index contributed by atoms with van der Waals surface area (Å²) in [5.74, 6) is 0.642. The van der Waals surface area contributed by atoms with E-state index >= 15 is 0 Å². The van der Waals surface area contributed by atoms with Crippen LogP contribution in [0.15, 0.2) is 0 Å². The lowest BCUT2D eigenvalue weighted by molar-refractivity contribution is -0.0324. The van der Waals surface area contributed by atoms with Crippen LogP contribution in [0, 0.1) is 5.92 Å². The van der Waals surface area contributed by atoms with Crippen molar-refractivity contribution in [2.45, 2.75) is 70.8 Å². The Morgan fingerprint density at radius 1 is 1.05 bits per heavy atom. The van der Waals surface area contributed by atoms with Gasteiger partial charge in [-0.15, -0.1) is 0 Å². The zero-order chi connectivity index (χ0) is 13.8. The molecule has 3 nitrogen and oxygen atoms in total. The number of aliphatic hydroxyl groups excluding tert-OH is 1. The Kier molecular flexibility index (Phi) is 10.4. The van der Waals surface area contributed by atoms with Gasteiger partial charge in [0, 0.05) is 26.4 Å². The van der Waals surface area contributed by atoms with E-state index in [2.05, 4.69) is 6.92 Å². The minimum Gasteiger partial charge on any atom is -0.396 e. The van der Waals surface area contributed by atoms with E-state index in [4.69, 9.17) is 14.6 Å². The molecule has 0 atom stereocenters. The molecule has 0 aromatic rings. The molecule has 0 radical (unpaired) electrons. The minimum atomic E-state index is 0.417. The van der Waals surface area contributed by atoms with Gasteiger partial charge in [0.05, 0.1) is 6.10 Å². The Balaban J connectivity index is 0.000000200. The third-order valence-corrected chi connectivity index (χ3v) is 4.00. The summed E-state index contributed by atoms with van der Waals surface area (Å²) < 4.78 is 10.9. The van der Waals surface area contributed by atoms with Crippen LogP contribution < -0.4 is 0 Å². The molecule has 114 valence electrons. The highest BCUT2D eigenvalue weighted by Gasteiger charge is 2.13. The predicted molar refractivity (Wildman–Crippen MR) is 78.4 cm³/mol. The SMILES string of the molecule is CCCCOC1CCOCC1.OCC1CCCCC1. The smallest absolute Gasteiger partial charge is 0.0619 e. The second-order valence-electron chi connectivity index (χ2n) is 5.72. The molecule has 2 aliphatic rings. The molecule has 1 N–H and O–H groups in total. The second kappa shape index (κ2) is 11.7. The summed E-state index contributed by atoms with van der Waals surface area (Å²) in [5.41, 5.74) is 0. The van der Waals surface area contributed by atoms with Crippen molar-refractivity contribution in [1.29, 1.82) is 0 Å². The van der Waals surface area contributed by atoms with Crippen molar-refractivity contribution in [2.24, 2.45) is 5.92 Å². The highest BCUT2D eigenvalue weighted by atomic mass is 16.5. The number of aliphatic hydroxyl groups is 1.